The van der Waals surface area contributed by atoms with Crippen LogP contribution in [0.2, 0.25) is 0 Å². The van der Waals surface area contributed by atoms with Crippen LogP contribution in [0.15, 0.2) is 77.7 Å². The largest absolute Gasteiger partial charge is 0.453 e. The van der Waals surface area contributed by atoms with Gasteiger partial charge in [0.15, 0.2) is 11.0 Å². The van der Waals surface area contributed by atoms with E-state index in [1.165, 1.54) is 25.9 Å². The van der Waals surface area contributed by atoms with Crippen molar-refractivity contribution in [1.29, 1.82) is 0 Å². The summed E-state index contributed by atoms with van der Waals surface area (Å²) >= 11 is 1.19. The van der Waals surface area contributed by atoms with Gasteiger partial charge in [-0.05, 0) is 59.6 Å². The van der Waals surface area contributed by atoms with E-state index in [0.717, 1.165) is 47.2 Å². The summed E-state index contributed by atoms with van der Waals surface area (Å²) in [4.78, 5) is 17.4. The predicted octanol–water partition coefficient (Wildman–Crippen LogP) is 5.02. The summed E-state index contributed by atoms with van der Waals surface area (Å²) in [5.41, 5.74) is 1.61. The first kappa shape index (κ1) is 38.3. The summed E-state index contributed by atoms with van der Waals surface area (Å²) in [5, 5.41) is 15.0. The Labute approximate surface area is 301 Å². The molecule has 2 N–H and O–H groups in total. The fourth-order valence-corrected chi connectivity index (χ4v) is 8.48. The van der Waals surface area contributed by atoms with E-state index in [9.17, 15) is 18.3 Å². The van der Waals surface area contributed by atoms with E-state index in [2.05, 4.69) is 10.2 Å². The number of cyclic esters (lactones) is 1. The van der Waals surface area contributed by atoms with Gasteiger partial charge in [-0.2, -0.15) is 12.7 Å². The lowest BCUT2D eigenvalue weighted by atomic mass is 9.79. The van der Waals surface area contributed by atoms with Crippen LogP contribution < -0.4 is 9.50 Å². The van der Waals surface area contributed by atoms with Crippen molar-refractivity contribution in [2.75, 3.05) is 53.4 Å². The minimum atomic E-state index is -4.00. The third-order valence-corrected chi connectivity index (χ3v) is 12.0. The Hall–Kier alpha value is -2.97. The molecule has 2 aliphatic heterocycles. The molecule has 0 radical (unpaired) electrons. The Bertz CT molecular complexity index is 1710. The number of aliphatic hydroxyl groups is 1. The molecule has 50 heavy (non-hydrogen) atoms. The van der Waals surface area contributed by atoms with E-state index in [4.69, 9.17) is 13.7 Å². The lowest BCUT2D eigenvalue weighted by Crippen LogP contribution is -2.59. The fraction of sp³-hybridized carbons (Fsp3) is 0.500. The Morgan fingerprint density at radius 1 is 1.04 bits per heavy atom. The van der Waals surface area contributed by atoms with Crippen molar-refractivity contribution in [3.05, 3.63) is 95.1 Å². The minimum Gasteiger partial charge on any atom is -0.453 e. The van der Waals surface area contributed by atoms with Crippen LogP contribution in [0, 0.1) is 6.92 Å². The van der Waals surface area contributed by atoms with Gasteiger partial charge >= 0.3 is 16.3 Å². The maximum Gasteiger partial charge on any atom is 0.384 e. The topological polar surface area (TPSA) is 118 Å². The molecule has 2 fully saturated rings. The van der Waals surface area contributed by atoms with Crippen LogP contribution >= 0.6 is 11.8 Å². The molecule has 0 amide bonds. The zero-order chi connectivity index (χ0) is 36.2. The summed E-state index contributed by atoms with van der Waals surface area (Å²) in [7, 11) is -1.18. The molecule has 12 heteroatoms. The van der Waals surface area contributed by atoms with Gasteiger partial charge in [-0.3, -0.25) is 9.69 Å². The molecule has 3 aromatic rings. The SMILES string of the molecule is Cc1cc(SC2C(=O)OC(CCc3ccccc3)(c3ccccc3)CC2(O)OCCN2CCNCC2)c(C(C)(C)C)cc1OS(=O)(=O)N(C)C. The zero-order valence-electron chi connectivity index (χ0n) is 30.0. The second-order valence-electron chi connectivity index (χ2n) is 14.4. The van der Waals surface area contributed by atoms with Gasteiger partial charge in [0.05, 0.1) is 6.61 Å². The van der Waals surface area contributed by atoms with Crippen molar-refractivity contribution in [2.24, 2.45) is 0 Å². The maximum atomic E-state index is 14.4. The van der Waals surface area contributed by atoms with Gasteiger partial charge in [-0.1, -0.05) is 81.4 Å². The molecule has 0 aliphatic carbocycles. The van der Waals surface area contributed by atoms with E-state index in [-0.39, 0.29) is 18.8 Å². The van der Waals surface area contributed by atoms with E-state index < -0.39 is 38.3 Å². The lowest BCUT2D eigenvalue weighted by Gasteiger charge is -2.48. The molecule has 5 rings (SSSR count). The highest BCUT2D eigenvalue weighted by Crippen LogP contribution is 2.50. The number of benzene rings is 3. The monoisotopic (exact) mass is 725 g/mol. The number of thioether (sulfide) groups is 1. The molecule has 3 aromatic carbocycles. The van der Waals surface area contributed by atoms with Crippen molar-refractivity contribution in [3.8, 4) is 5.75 Å². The van der Waals surface area contributed by atoms with Crippen molar-refractivity contribution < 1.29 is 32.0 Å². The molecule has 272 valence electrons. The first-order valence-electron chi connectivity index (χ1n) is 17.2. The van der Waals surface area contributed by atoms with Crippen molar-refractivity contribution >= 4 is 28.0 Å². The van der Waals surface area contributed by atoms with Gasteiger partial charge in [-0.25, -0.2) is 0 Å². The summed E-state index contributed by atoms with van der Waals surface area (Å²) in [5.74, 6) is -2.27. The molecule has 0 spiro atoms. The summed E-state index contributed by atoms with van der Waals surface area (Å²) < 4.78 is 44.8. The number of hydrogen-bond donors (Lipinski definition) is 2. The number of ether oxygens (including phenoxy) is 2. The smallest absolute Gasteiger partial charge is 0.384 e. The number of piperazine rings is 1. The average molecular weight is 726 g/mol. The molecular weight excluding hydrogens is 675 g/mol. The molecule has 2 saturated heterocycles. The van der Waals surface area contributed by atoms with Crippen LogP contribution in [0.1, 0.15) is 55.9 Å². The predicted molar refractivity (Wildman–Crippen MR) is 197 cm³/mol. The normalized spacial score (nSPS) is 23.5. The van der Waals surface area contributed by atoms with Crippen LogP contribution in [-0.4, -0.2) is 93.2 Å². The summed E-state index contributed by atoms with van der Waals surface area (Å²) in [6, 6.07) is 23.2. The molecular formula is C38H51N3O7S2. The van der Waals surface area contributed by atoms with Crippen LogP contribution in [0.5, 0.6) is 5.75 Å². The quantitative estimate of drug-likeness (QED) is 0.184. The Morgan fingerprint density at radius 2 is 1.68 bits per heavy atom. The Morgan fingerprint density at radius 3 is 2.30 bits per heavy atom. The number of carbonyl (C=O) groups is 1. The molecule has 10 nitrogen and oxygen atoms in total. The number of nitrogens with zero attached hydrogens (tertiary/aromatic N) is 2. The highest BCUT2D eigenvalue weighted by atomic mass is 32.2. The van der Waals surface area contributed by atoms with E-state index >= 15 is 0 Å². The van der Waals surface area contributed by atoms with Gasteiger partial charge in [0.1, 0.15) is 11.4 Å². The molecule has 0 aromatic heterocycles. The summed E-state index contributed by atoms with van der Waals surface area (Å²) in [6.45, 7) is 12.1. The lowest BCUT2D eigenvalue weighted by molar-refractivity contribution is -0.265. The fourth-order valence-electron chi connectivity index (χ4n) is 6.45. The zero-order valence-corrected chi connectivity index (χ0v) is 31.6. The van der Waals surface area contributed by atoms with Gasteiger partial charge in [0.25, 0.3) is 0 Å². The highest BCUT2D eigenvalue weighted by molar-refractivity contribution is 8.00. The molecule has 3 unspecified atom stereocenters. The molecule has 2 heterocycles. The molecule has 0 bridgehead atoms. The molecule has 3 atom stereocenters. The standard InChI is InChI=1S/C38H51N3O7S2/c1-28-25-33(31(36(2,3)4)26-32(28)48-50(44,45)40(5)6)49-34-35(42)47-37(30-15-11-8-12-16-30,18-17-29-13-9-7-10-14-29)27-38(34,43)46-24-23-41-21-19-39-20-22-41/h7-16,25-26,34,39,43H,17-24,27H2,1-6H3. The molecule has 0 saturated carbocycles. The number of hydrogen-bond acceptors (Lipinski definition) is 10. The number of esters is 1. The third-order valence-electron chi connectivity index (χ3n) is 9.36. The van der Waals surface area contributed by atoms with Crippen molar-refractivity contribution in [2.45, 2.75) is 73.9 Å². The maximum absolute atomic E-state index is 14.4. The molecule has 2 aliphatic rings. The number of nitrogens with one attached hydrogen (secondary N) is 1. The van der Waals surface area contributed by atoms with Crippen LogP contribution in [-0.2, 0) is 42.0 Å². The first-order chi connectivity index (χ1) is 23.6. The Kier molecular flexibility index (Phi) is 12.0. The van der Waals surface area contributed by atoms with E-state index in [1.54, 1.807) is 13.0 Å². The average Bonchev–Trinajstić information content (AvgIpc) is 3.07. The number of aryl methyl sites for hydroxylation is 2. The third kappa shape index (κ3) is 9.08. The first-order valence-corrected chi connectivity index (χ1v) is 19.4. The van der Waals surface area contributed by atoms with Gasteiger partial charge in [0, 0.05) is 58.1 Å². The minimum absolute atomic E-state index is 0.0356. The van der Waals surface area contributed by atoms with E-state index in [1.807, 2.05) is 87.5 Å². The van der Waals surface area contributed by atoms with Crippen LogP contribution in [0.4, 0.5) is 0 Å². The summed E-state index contributed by atoms with van der Waals surface area (Å²) in [6.07, 6.45) is 1.11. The van der Waals surface area contributed by atoms with Crippen LogP contribution in [0.3, 0.4) is 0 Å². The number of carbonyl (C=O) groups excluding carboxylic acids is 1. The number of rotatable bonds is 13. The van der Waals surface area contributed by atoms with Gasteiger partial charge in [0.2, 0.25) is 0 Å². The second kappa shape index (κ2) is 15.7. The second-order valence-corrected chi connectivity index (χ2v) is 17.3. The van der Waals surface area contributed by atoms with E-state index in [0.29, 0.717) is 29.8 Å². The Balaban J connectivity index is 1.53. The van der Waals surface area contributed by atoms with Gasteiger partial charge in [-0.15, -0.1) is 11.8 Å². The van der Waals surface area contributed by atoms with Gasteiger partial charge < -0.3 is 24.1 Å². The highest BCUT2D eigenvalue weighted by Gasteiger charge is 2.58. The van der Waals surface area contributed by atoms with Crippen molar-refractivity contribution in [1.82, 2.24) is 14.5 Å². The van der Waals surface area contributed by atoms with Crippen molar-refractivity contribution in [3.63, 3.8) is 0 Å². The van der Waals surface area contributed by atoms with Crippen LogP contribution in [0.25, 0.3) is 0 Å².